The number of ether oxygens (including phenoxy) is 1. The van der Waals surface area contributed by atoms with Gasteiger partial charge in [-0.1, -0.05) is 26.2 Å². The van der Waals surface area contributed by atoms with Gasteiger partial charge in [-0.05, 0) is 85.0 Å². The van der Waals surface area contributed by atoms with Gasteiger partial charge in [0.2, 0.25) is 5.95 Å². The number of hydroxylamine groups is 1. The molecule has 13 heteroatoms. The van der Waals surface area contributed by atoms with Crippen LogP contribution >= 0.6 is 0 Å². The van der Waals surface area contributed by atoms with Crippen molar-refractivity contribution in [3.8, 4) is 0 Å². The average Bonchev–Trinajstić information content (AvgIpc) is 3.52. The van der Waals surface area contributed by atoms with Gasteiger partial charge in [-0.15, -0.1) is 5.48 Å². The number of amides is 2. The SMILES string of the molecule is CC1CCC(Cn2c(N3C[C@H](C)N(C(=O)OC(C)(C)C)C[C@H]3C)nc3nc(C4NOC(=O)N4)nc(N[C@H](C)C4CCC4)c32)CC1. The molecule has 0 spiro atoms. The molecule has 2 aromatic heterocycles. The lowest BCUT2D eigenvalue weighted by Crippen LogP contribution is -2.59. The zero-order valence-corrected chi connectivity index (χ0v) is 27.9. The molecular formula is C32H51N9O4. The van der Waals surface area contributed by atoms with Gasteiger partial charge in [0.15, 0.2) is 23.5 Å². The van der Waals surface area contributed by atoms with Crippen molar-refractivity contribution in [2.45, 2.75) is 130 Å². The number of imidazole rings is 1. The first-order valence-corrected chi connectivity index (χ1v) is 16.9. The van der Waals surface area contributed by atoms with E-state index in [2.05, 4.69) is 53.3 Å². The Labute approximate surface area is 266 Å². The van der Waals surface area contributed by atoms with E-state index in [0.29, 0.717) is 36.4 Å². The van der Waals surface area contributed by atoms with E-state index in [4.69, 9.17) is 24.5 Å². The highest BCUT2D eigenvalue weighted by Gasteiger charge is 2.38. The third-order valence-corrected chi connectivity index (χ3v) is 10.1. The Hall–Kier alpha value is -3.35. The molecule has 2 aromatic rings. The number of nitrogens with zero attached hydrogens (tertiary/aromatic N) is 6. The number of aromatic nitrogens is 4. The van der Waals surface area contributed by atoms with E-state index in [1.54, 1.807) is 0 Å². The molecule has 0 radical (unpaired) electrons. The van der Waals surface area contributed by atoms with Crippen LogP contribution in [0.3, 0.4) is 0 Å². The van der Waals surface area contributed by atoms with Gasteiger partial charge < -0.3 is 29.3 Å². The fourth-order valence-corrected chi connectivity index (χ4v) is 7.09. The number of piperazine rings is 1. The zero-order chi connectivity index (χ0) is 32.0. The van der Waals surface area contributed by atoms with Gasteiger partial charge in [0.25, 0.3) is 0 Å². The van der Waals surface area contributed by atoms with Crippen LogP contribution in [-0.2, 0) is 16.1 Å². The van der Waals surface area contributed by atoms with E-state index in [1.807, 2.05) is 25.7 Å². The Morgan fingerprint density at radius 1 is 1.04 bits per heavy atom. The summed E-state index contributed by atoms with van der Waals surface area (Å²) in [5.41, 5.74) is 3.62. The molecule has 2 aliphatic carbocycles. The number of hydrogen-bond donors (Lipinski definition) is 3. The molecule has 4 fully saturated rings. The summed E-state index contributed by atoms with van der Waals surface area (Å²) in [6.45, 7) is 16.4. The summed E-state index contributed by atoms with van der Waals surface area (Å²) in [6.07, 6.45) is 6.93. The summed E-state index contributed by atoms with van der Waals surface area (Å²) in [4.78, 5) is 49.2. The molecule has 4 atom stereocenters. The fourth-order valence-electron chi connectivity index (χ4n) is 7.09. The number of carbonyl (C=O) groups excluding carboxylic acids is 2. The molecule has 13 nitrogen and oxygen atoms in total. The summed E-state index contributed by atoms with van der Waals surface area (Å²) < 4.78 is 8.08. The molecule has 2 amide bonds. The smallest absolute Gasteiger partial charge is 0.427 e. The highest BCUT2D eigenvalue weighted by molar-refractivity contribution is 5.86. The predicted octanol–water partition coefficient (Wildman–Crippen LogP) is 5.33. The van der Waals surface area contributed by atoms with Gasteiger partial charge in [-0.2, -0.15) is 4.98 Å². The first kappa shape index (κ1) is 31.6. The summed E-state index contributed by atoms with van der Waals surface area (Å²) >= 11 is 0. The van der Waals surface area contributed by atoms with E-state index in [0.717, 1.165) is 29.7 Å². The van der Waals surface area contributed by atoms with E-state index in [9.17, 15) is 9.59 Å². The monoisotopic (exact) mass is 625 g/mol. The minimum absolute atomic E-state index is 0.00224. The normalized spacial score (nSPS) is 28.4. The van der Waals surface area contributed by atoms with Crippen LogP contribution in [0.2, 0.25) is 0 Å². The number of rotatable bonds is 7. The number of hydrogen-bond acceptors (Lipinski definition) is 10. The lowest BCUT2D eigenvalue weighted by molar-refractivity contribution is 0.0128. The van der Waals surface area contributed by atoms with E-state index < -0.39 is 17.9 Å². The quantitative estimate of drug-likeness (QED) is 0.370. The highest BCUT2D eigenvalue weighted by atomic mass is 16.7. The molecule has 3 N–H and O–H groups in total. The van der Waals surface area contributed by atoms with E-state index in [-0.39, 0.29) is 24.2 Å². The van der Waals surface area contributed by atoms with Crippen LogP contribution in [0.5, 0.6) is 0 Å². The molecule has 1 unspecified atom stereocenters. The maximum atomic E-state index is 13.1. The molecule has 2 saturated carbocycles. The number of fused-ring (bicyclic) bond motifs is 1. The minimum Gasteiger partial charge on any atom is -0.444 e. The van der Waals surface area contributed by atoms with Crippen LogP contribution in [0, 0.1) is 17.8 Å². The van der Waals surface area contributed by atoms with Crippen molar-refractivity contribution in [1.82, 2.24) is 35.2 Å². The van der Waals surface area contributed by atoms with Crippen molar-refractivity contribution >= 4 is 35.1 Å². The van der Waals surface area contributed by atoms with Crippen molar-refractivity contribution in [2.75, 3.05) is 23.3 Å². The van der Waals surface area contributed by atoms with Crippen molar-refractivity contribution in [3.05, 3.63) is 5.82 Å². The number of nitrogens with one attached hydrogen (secondary N) is 3. The fraction of sp³-hybridized carbons (Fsp3) is 0.781. The summed E-state index contributed by atoms with van der Waals surface area (Å²) in [7, 11) is 0. The van der Waals surface area contributed by atoms with Crippen LogP contribution in [-0.4, -0.2) is 73.4 Å². The third-order valence-electron chi connectivity index (χ3n) is 10.1. The van der Waals surface area contributed by atoms with Crippen molar-refractivity contribution in [1.29, 1.82) is 0 Å². The Morgan fingerprint density at radius 3 is 2.40 bits per heavy atom. The highest BCUT2D eigenvalue weighted by Crippen LogP contribution is 2.37. The molecule has 0 aromatic carbocycles. The molecule has 0 bridgehead atoms. The van der Waals surface area contributed by atoms with E-state index >= 15 is 0 Å². The van der Waals surface area contributed by atoms with Gasteiger partial charge in [-0.25, -0.2) is 19.6 Å². The lowest BCUT2D eigenvalue weighted by atomic mass is 9.80. The van der Waals surface area contributed by atoms with Gasteiger partial charge in [0.05, 0.1) is 0 Å². The molecule has 2 saturated heterocycles. The second-order valence-corrected chi connectivity index (χ2v) is 14.9. The molecule has 248 valence electrons. The Kier molecular flexibility index (Phi) is 8.75. The van der Waals surface area contributed by atoms with Crippen LogP contribution in [0.1, 0.15) is 105 Å². The largest absolute Gasteiger partial charge is 0.444 e. The lowest BCUT2D eigenvalue weighted by Gasteiger charge is -2.44. The predicted molar refractivity (Wildman–Crippen MR) is 172 cm³/mol. The number of anilines is 2. The second-order valence-electron chi connectivity index (χ2n) is 14.9. The van der Waals surface area contributed by atoms with Crippen molar-refractivity contribution in [2.24, 2.45) is 17.8 Å². The maximum absolute atomic E-state index is 13.1. The van der Waals surface area contributed by atoms with Gasteiger partial charge in [0, 0.05) is 37.8 Å². The average molecular weight is 626 g/mol. The van der Waals surface area contributed by atoms with Crippen LogP contribution in [0.25, 0.3) is 11.2 Å². The molecule has 4 heterocycles. The maximum Gasteiger partial charge on any atom is 0.427 e. The minimum atomic E-state index is -0.675. The van der Waals surface area contributed by atoms with Gasteiger partial charge in [-0.3, -0.25) is 5.32 Å². The Balaban J connectivity index is 1.40. The number of carbonyl (C=O) groups is 2. The summed E-state index contributed by atoms with van der Waals surface area (Å²) in [6, 6.07) is 0.149. The van der Waals surface area contributed by atoms with Crippen molar-refractivity contribution < 1.29 is 19.2 Å². The summed E-state index contributed by atoms with van der Waals surface area (Å²) in [5.74, 6) is 3.84. The zero-order valence-electron chi connectivity index (χ0n) is 27.9. The Morgan fingerprint density at radius 2 is 1.78 bits per heavy atom. The van der Waals surface area contributed by atoms with Crippen LogP contribution in [0.15, 0.2) is 0 Å². The molecule has 6 rings (SSSR count). The molecular weight excluding hydrogens is 574 g/mol. The standard InChI is InChI=1S/C32H51N9O4/c1-18-11-13-22(14-12-18)17-41-24-25(33-21(4)23-9-8-10-23)34-27(28-37-30(42)45-38-28)35-26(24)36-29(41)39-15-20(3)40(16-19(39)2)31(43)44-32(5,6)7/h18-23,28,38H,8-17H2,1-7H3,(H,37,42)(H,33,34,35)/t18?,19-,20+,21-,22?,28?/m1/s1. The first-order chi connectivity index (χ1) is 21.4. The van der Waals surface area contributed by atoms with Gasteiger partial charge >= 0.3 is 12.2 Å². The Bertz CT molecular complexity index is 1400. The third kappa shape index (κ3) is 6.78. The molecule has 4 aliphatic rings. The van der Waals surface area contributed by atoms with Crippen molar-refractivity contribution in [3.63, 3.8) is 0 Å². The first-order valence-electron chi connectivity index (χ1n) is 16.9. The molecule has 45 heavy (non-hydrogen) atoms. The van der Waals surface area contributed by atoms with Crippen LogP contribution in [0.4, 0.5) is 21.4 Å². The van der Waals surface area contributed by atoms with Gasteiger partial charge in [0.1, 0.15) is 11.1 Å². The topological polar surface area (TPSA) is 139 Å². The summed E-state index contributed by atoms with van der Waals surface area (Å²) in [5, 5.41) is 6.49. The van der Waals surface area contributed by atoms with E-state index in [1.165, 1.54) is 44.9 Å². The molecule has 2 aliphatic heterocycles. The van der Waals surface area contributed by atoms with Crippen LogP contribution < -0.4 is 21.0 Å². The second kappa shape index (κ2) is 12.4.